The molecule has 0 radical (unpaired) electrons. The molecule has 49 heavy (non-hydrogen) atoms. The van der Waals surface area contributed by atoms with Gasteiger partial charge < -0.3 is 19.5 Å². The Balaban J connectivity index is 1.27. The fourth-order valence-corrected chi connectivity index (χ4v) is 5.79. The SMILES string of the molecule is COC(=O)[C@H]1C[C@H](CC(=O)c2ccc(Cc3nc(NC4(c5ccc(Cl)cc5)CC4)nc(OCC(F)(F)F)n3)cc2)CN1C(=O)OC(C)(C)C. The van der Waals surface area contributed by atoms with Crippen LogP contribution in [0.1, 0.15) is 73.8 Å². The number of alkyl halides is 3. The topological polar surface area (TPSA) is 133 Å². The Kier molecular flexibility index (Phi) is 10.4. The van der Waals surface area contributed by atoms with Crippen LogP contribution in [0, 0.1) is 5.92 Å². The number of rotatable bonds is 11. The summed E-state index contributed by atoms with van der Waals surface area (Å²) >= 11 is 6.04. The van der Waals surface area contributed by atoms with Gasteiger partial charge in [0, 0.05) is 30.0 Å². The third-order valence-electron chi connectivity index (χ3n) is 8.13. The van der Waals surface area contributed by atoms with E-state index in [4.69, 9.17) is 25.8 Å². The predicted molar refractivity (Wildman–Crippen MR) is 172 cm³/mol. The van der Waals surface area contributed by atoms with E-state index in [1.807, 2.05) is 12.1 Å². The van der Waals surface area contributed by atoms with Gasteiger partial charge in [0.05, 0.1) is 12.6 Å². The molecular formula is C34H37ClF3N5O6. The van der Waals surface area contributed by atoms with Gasteiger partial charge in [0.25, 0.3) is 0 Å². The second-order valence-electron chi connectivity index (χ2n) is 13.3. The zero-order valence-corrected chi connectivity index (χ0v) is 28.2. The number of Topliss-reactive ketones (excluding diaryl/α,β-unsaturated/α-hetero) is 1. The van der Waals surface area contributed by atoms with Crippen LogP contribution in [0.15, 0.2) is 48.5 Å². The van der Waals surface area contributed by atoms with Crippen molar-refractivity contribution in [2.45, 2.75) is 76.2 Å². The van der Waals surface area contributed by atoms with Crippen molar-refractivity contribution in [3.05, 3.63) is 76.1 Å². The highest BCUT2D eigenvalue weighted by molar-refractivity contribution is 6.30. The molecule has 2 heterocycles. The van der Waals surface area contributed by atoms with Crippen molar-refractivity contribution < 1.29 is 41.8 Å². The maximum atomic E-state index is 13.2. The van der Waals surface area contributed by atoms with Crippen molar-refractivity contribution in [3.8, 4) is 6.01 Å². The van der Waals surface area contributed by atoms with Crippen LogP contribution in [-0.4, -0.2) is 75.8 Å². The second kappa shape index (κ2) is 14.2. The Morgan fingerprint density at radius 2 is 1.67 bits per heavy atom. The quantitative estimate of drug-likeness (QED) is 0.174. The first-order valence-corrected chi connectivity index (χ1v) is 16.1. The number of nitrogens with zero attached hydrogens (tertiary/aromatic N) is 4. The molecule has 0 bridgehead atoms. The fourth-order valence-electron chi connectivity index (χ4n) is 5.66. The van der Waals surface area contributed by atoms with Gasteiger partial charge in [-0.05, 0) is 69.2 Å². The van der Waals surface area contributed by atoms with Crippen molar-refractivity contribution in [1.29, 1.82) is 0 Å². The zero-order valence-electron chi connectivity index (χ0n) is 27.5. The summed E-state index contributed by atoms with van der Waals surface area (Å²) in [6.45, 7) is 3.77. The summed E-state index contributed by atoms with van der Waals surface area (Å²) in [4.78, 5) is 52.4. The average Bonchev–Trinajstić information content (AvgIpc) is 3.68. The zero-order chi connectivity index (χ0) is 35.6. The summed E-state index contributed by atoms with van der Waals surface area (Å²) in [5.74, 6) is -0.812. The van der Waals surface area contributed by atoms with Gasteiger partial charge in [-0.15, -0.1) is 0 Å². The van der Waals surface area contributed by atoms with Crippen molar-refractivity contribution in [2.24, 2.45) is 5.92 Å². The lowest BCUT2D eigenvalue weighted by atomic mass is 9.95. The molecule has 15 heteroatoms. The van der Waals surface area contributed by atoms with Crippen LogP contribution in [0.2, 0.25) is 5.02 Å². The third kappa shape index (κ3) is 9.58. The second-order valence-corrected chi connectivity index (χ2v) is 13.7. The highest BCUT2D eigenvalue weighted by Gasteiger charge is 2.45. The van der Waals surface area contributed by atoms with E-state index >= 15 is 0 Å². The van der Waals surface area contributed by atoms with Crippen LogP contribution < -0.4 is 10.1 Å². The maximum Gasteiger partial charge on any atom is 0.422 e. The number of ketones is 1. The number of hydrogen-bond donors (Lipinski definition) is 1. The maximum absolute atomic E-state index is 13.2. The summed E-state index contributed by atoms with van der Waals surface area (Å²) in [5, 5.41) is 3.83. The summed E-state index contributed by atoms with van der Waals surface area (Å²) in [6, 6.07) is 12.6. The number of ether oxygens (including phenoxy) is 3. The van der Waals surface area contributed by atoms with Crippen LogP contribution >= 0.6 is 11.6 Å². The van der Waals surface area contributed by atoms with Gasteiger partial charge in [0.1, 0.15) is 17.5 Å². The lowest BCUT2D eigenvalue weighted by molar-refractivity contribution is -0.154. The molecule has 1 N–H and O–H groups in total. The first-order valence-electron chi connectivity index (χ1n) is 15.7. The van der Waals surface area contributed by atoms with Crippen molar-refractivity contribution in [1.82, 2.24) is 19.9 Å². The number of esters is 1. The van der Waals surface area contributed by atoms with Crippen LogP contribution in [0.5, 0.6) is 6.01 Å². The number of hydrogen-bond acceptors (Lipinski definition) is 10. The number of methoxy groups -OCH3 is 1. The largest absolute Gasteiger partial charge is 0.467 e. The van der Waals surface area contributed by atoms with E-state index in [-0.39, 0.29) is 49.3 Å². The van der Waals surface area contributed by atoms with Gasteiger partial charge in [0.15, 0.2) is 12.4 Å². The minimum atomic E-state index is -4.59. The van der Waals surface area contributed by atoms with E-state index in [9.17, 15) is 27.6 Å². The lowest BCUT2D eigenvalue weighted by Gasteiger charge is -2.27. The first-order chi connectivity index (χ1) is 23.0. The Morgan fingerprint density at radius 1 is 1.00 bits per heavy atom. The first kappa shape index (κ1) is 35.8. The molecule has 1 aromatic heterocycles. The van der Waals surface area contributed by atoms with E-state index in [1.54, 1.807) is 57.2 Å². The molecule has 0 spiro atoms. The summed E-state index contributed by atoms with van der Waals surface area (Å²) in [6.07, 6.45) is -3.26. The molecule has 2 fully saturated rings. The van der Waals surface area contributed by atoms with Crippen LogP contribution in [-0.2, 0) is 26.2 Å². The van der Waals surface area contributed by atoms with E-state index in [0.29, 0.717) is 16.1 Å². The van der Waals surface area contributed by atoms with Gasteiger partial charge in [0.2, 0.25) is 5.95 Å². The monoisotopic (exact) mass is 703 g/mol. The number of aromatic nitrogens is 3. The molecule has 5 rings (SSSR count). The number of amides is 1. The van der Waals surface area contributed by atoms with E-state index in [0.717, 1.165) is 18.4 Å². The van der Waals surface area contributed by atoms with E-state index in [1.165, 1.54) is 12.0 Å². The molecule has 3 aromatic rings. The highest BCUT2D eigenvalue weighted by Crippen LogP contribution is 2.48. The Hall–Kier alpha value is -4.46. The van der Waals surface area contributed by atoms with Gasteiger partial charge in [-0.25, -0.2) is 9.59 Å². The van der Waals surface area contributed by atoms with Crippen molar-refractivity contribution >= 4 is 35.4 Å². The Morgan fingerprint density at radius 3 is 2.27 bits per heavy atom. The van der Waals surface area contributed by atoms with Crippen molar-refractivity contribution in [3.63, 3.8) is 0 Å². The molecule has 1 amide bonds. The third-order valence-corrected chi connectivity index (χ3v) is 8.38. The Bertz CT molecular complexity index is 1680. The minimum absolute atomic E-state index is 0.0728. The number of carbonyl (C=O) groups is 3. The van der Waals surface area contributed by atoms with Gasteiger partial charge in [-0.2, -0.15) is 28.1 Å². The van der Waals surface area contributed by atoms with Crippen LogP contribution in [0.25, 0.3) is 0 Å². The highest BCUT2D eigenvalue weighted by atomic mass is 35.5. The molecule has 1 aliphatic carbocycles. The molecule has 1 saturated carbocycles. The van der Waals surface area contributed by atoms with Gasteiger partial charge in [-0.1, -0.05) is 48.0 Å². The molecule has 1 aliphatic heterocycles. The lowest BCUT2D eigenvalue weighted by Crippen LogP contribution is -2.43. The smallest absolute Gasteiger partial charge is 0.422 e. The van der Waals surface area contributed by atoms with E-state index in [2.05, 4.69) is 20.3 Å². The average molecular weight is 704 g/mol. The standard InChI is InChI=1S/C34H37ClF3N5O6/c1-32(2,3)49-31(46)43-18-21(15-25(43)28(45)47-4)16-26(44)22-7-5-20(6-8-22)17-27-39-29(41-30(40-27)48-19-34(36,37)38)42-33(13-14-33)23-9-11-24(35)12-10-23/h5-12,21,25H,13-19H2,1-4H3,(H,39,40,41,42)/t21-,25-/m1/s1. The van der Waals surface area contributed by atoms with E-state index < -0.39 is 48.0 Å². The Labute approximate surface area is 286 Å². The molecule has 262 valence electrons. The van der Waals surface area contributed by atoms with Crippen LogP contribution in [0.3, 0.4) is 0 Å². The van der Waals surface area contributed by atoms with Crippen LogP contribution in [0.4, 0.5) is 23.9 Å². The number of anilines is 1. The number of carbonyl (C=O) groups excluding carboxylic acids is 3. The normalized spacial score (nSPS) is 18.5. The molecule has 2 atom stereocenters. The number of nitrogens with one attached hydrogen (secondary N) is 1. The molecular weight excluding hydrogens is 667 g/mol. The molecule has 0 unspecified atom stereocenters. The number of benzene rings is 2. The molecule has 2 aliphatic rings. The predicted octanol–water partition coefficient (Wildman–Crippen LogP) is 6.53. The fraction of sp³-hybridized carbons (Fsp3) is 0.471. The number of likely N-dealkylation sites (tertiary alicyclic amines) is 1. The molecule has 11 nitrogen and oxygen atoms in total. The molecule has 1 saturated heterocycles. The minimum Gasteiger partial charge on any atom is -0.467 e. The van der Waals surface area contributed by atoms with Crippen molar-refractivity contribution in [2.75, 3.05) is 25.6 Å². The number of halogens is 4. The van der Waals surface area contributed by atoms with Gasteiger partial charge in [-0.3, -0.25) is 9.69 Å². The summed E-state index contributed by atoms with van der Waals surface area (Å²) < 4.78 is 54.1. The molecule has 2 aromatic carbocycles. The van der Waals surface area contributed by atoms with Gasteiger partial charge >= 0.3 is 24.2 Å². The summed E-state index contributed by atoms with van der Waals surface area (Å²) in [5.41, 5.74) is 0.790. The summed E-state index contributed by atoms with van der Waals surface area (Å²) in [7, 11) is 1.24.